The highest BCUT2D eigenvalue weighted by atomic mass is 16.5. The van der Waals surface area contributed by atoms with E-state index in [0.29, 0.717) is 24.9 Å². The molecule has 124 valence electrons. The lowest BCUT2D eigenvalue weighted by atomic mass is 9.96. The van der Waals surface area contributed by atoms with Crippen molar-refractivity contribution in [2.24, 2.45) is 0 Å². The zero-order valence-corrected chi connectivity index (χ0v) is 13.4. The van der Waals surface area contributed by atoms with Crippen molar-refractivity contribution in [2.45, 2.75) is 31.8 Å². The highest BCUT2D eigenvalue weighted by Gasteiger charge is 2.25. The largest absolute Gasteiger partial charge is 0.491 e. The number of rotatable bonds is 6. The lowest BCUT2D eigenvalue weighted by Gasteiger charge is -2.31. The van der Waals surface area contributed by atoms with Gasteiger partial charge in [0, 0.05) is 12.5 Å². The van der Waals surface area contributed by atoms with E-state index in [2.05, 4.69) is 15.0 Å². The summed E-state index contributed by atoms with van der Waals surface area (Å²) in [5, 5.41) is 14.0. The first-order chi connectivity index (χ1) is 11.2. The molecule has 6 heteroatoms. The lowest BCUT2D eigenvalue weighted by molar-refractivity contribution is 0.0579. The van der Waals surface area contributed by atoms with E-state index in [0.717, 1.165) is 37.6 Å². The molecule has 2 heterocycles. The predicted molar refractivity (Wildman–Crippen MR) is 85.4 cm³/mol. The average molecular weight is 317 g/mol. The van der Waals surface area contributed by atoms with Crippen molar-refractivity contribution in [1.29, 1.82) is 0 Å². The number of aliphatic hydroxyl groups excluding tert-OH is 1. The fourth-order valence-corrected chi connectivity index (χ4v) is 2.90. The molecule has 1 fully saturated rings. The molecule has 0 spiro atoms. The lowest BCUT2D eigenvalue weighted by Crippen LogP contribution is -2.40. The van der Waals surface area contributed by atoms with Crippen LogP contribution in [0.3, 0.4) is 0 Å². The summed E-state index contributed by atoms with van der Waals surface area (Å²) in [6.07, 6.45) is 1.47. The minimum Gasteiger partial charge on any atom is -0.491 e. The van der Waals surface area contributed by atoms with Crippen molar-refractivity contribution in [3.05, 3.63) is 42.0 Å². The van der Waals surface area contributed by atoms with Gasteiger partial charge in [-0.05, 0) is 45.0 Å². The van der Waals surface area contributed by atoms with Crippen molar-refractivity contribution in [3.8, 4) is 5.75 Å². The Kier molecular flexibility index (Phi) is 5.25. The molecular formula is C17H23N3O3. The molecule has 0 saturated carbocycles. The first-order valence-corrected chi connectivity index (χ1v) is 8.09. The van der Waals surface area contributed by atoms with E-state index in [-0.39, 0.29) is 0 Å². The number of piperidine rings is 1. The molecule has 1 aliphatic heterocycles. The van der Waals surface area contributed by atoms with Gasteiger partial charge in [0.05, 0.1) is 0 Å². The molecule has 1 unspecified atom stereocenters. The van der Waals surface area contributed by atoms with Crippen LogP contribution in [0.15, 0.2) is 34.9 Å². The van der Waals surface area contributed by atoms with Gasteiger partial charge >= 0.3 is 0 Å². The molecule has 2 aromatic rings. The summed E-state index contributed by atoms with van der Waals surface area (Å²) in [6.45, 7) is 4.63. The summed E-state index contributed by atoms with van der Waals surface area (Å²) in [7, 11) is 0. The Morgan fingerprint density at radius 1 is 1.30 bits per heavy atom. The van der Waals surface area contributed by atoms with Crippen LogP contribution in [0.1, 0.15) is 30.5 Å². The van der Waals surface area contributed by atoms with E-state index in [4.69, 9.17) is 9.26 Å². The van der Waals surface area contributed by atoms with Crippen molar-refractivity contribution < 1.29 is 14.4 Å². The van der Waals surface area contributed by atoms with Crippen LogP contribution in [0, 0.1) is 6.92 Å². The molecule has 3 rings (SSSR count). The number of para-hydroxylation sites is 1. The first kappa shape index (κ1) is 16.0. The van der Waals surface area contributed by atoms with E-state index in [1.807, 2.05) is 37.3 Å². The molecule has 0 radical (unpaired) electrons. The molecule has 1 aliphatic rings. The normalized spacial score (nSPS) is 18.0. The van der Waals surface area contributed by atoms with Gasteiger partial charge in [0.25, 0.3) is 0 Å². The van der Waals surface area contributed by atoms with Crippen LogP contribution in [0.4, 0.5) is 0 Å². The SMILES string of the molecule is Cc1noc(C2CCN(CC(O)COc3ccccc3)CC2)n1. The van der Waals surface area contributed by atoms with Crippen molar-refractivity contribution in [3.63, 3.8) is 0 Å². The predicted octanol–water partition coefficient (Wildman–Crippen LogP) is 2.00. The van der Waals surface area contributed by atoms with Gasteiger partial charge in [0.15, 0.2) is 5.82 Å². The standard InChI is InChI=1S/C17H23N3O3/c1-13-18-17(23-19-13)14-7-9-20(10-8-14)11-15(21)12-22-16-5-3-2-4-6-16/h2-6,14-15,21H,7-12H2,1H3. The number of aromatic nitrogens is 2. The molecule has 0 aliphatic carbocycles. The summed E-state index contributed by atoms with van der Waals surface area (Å²) >= 11 is 0. The van der Waals surface area contributed by atoms with Crippen molar-refractivity contribution in [1.82, 2.24) is 15.0 Å². The van der Waals surface area contributed by atoms with Crippen molar-refractivity contribution in [2.75, 3.05) is 26.2 Å². The zero-order chi connectivity index (χ0) is 16.1. The minimum atomic E-state index is -0.489. The molecule has 6 nitrogen and oxygen atoms in total. The highest BCUT2D eigenvalue weighted by Crippen LogP contribution is 2.26. The van der Waals surface area contributed by atoms with Gasteiger partial charge < -0.3 is 19.3 Å². The third kappa shape index (κ3) is 4.53. The van der Waals surface area contributed by atoms with Crippen LogP contribution in [0.2, 0.25) is 0 Å². The van der Waals surface area contributed by atoms with Crippen LogP contribution in [0.25, 0.3) is 0 Å². The number of aliphatic hydroxyl groups is 1. The molecule has 1 N–H and O–H groups in total. The van der Waals surface area contributed by atoms with Crippen LogP contribution >= 0.6 is 0 Å². The Balaban J connectivity index is 1.40. The zero-order valence-electron chi connectivity index (χ0n) is 13.4. The molecule has 1 aromatic heterocycles. The third-order valence-electron chi connectivity index (χ3n) is 4.13. The molecule has 0 amide bonds. The molecule has 0 bridgehead atoms. The minimum absolute atomic E-state index is 0.312. The molecule has 23 heavy (non-hydrogen) atoms. The maximum Gasteiger partial charge on any atom is 0.229 e. The Bertz CT molecular complexity index is 594. The van der Waals surface area contributed by atoms with E-state index in [1.165, 1.54) is 0 Å². The van der Waals surface area contributed by atoms with E-state index >= 15 is 0 Å². The molecule has 1 atom stereocenters. The van der Waals surface area contributed by atoms with Gasteiger partial charge in [-0.2, -0.15) is 4.98 Å². The molecule has 1 saturated heterocycles. The second-order valence-corrected chi connectivity index (χ2v) is 6.03. The molecular weight excluding hydrogens is 294 g/mol. The monoisotopic (exact) mass is 317 g/mol. The van der Waals surface area contributed by atoms with Crippen molar-refractivity contribution >= 4 is 0 Å². The number of hydrogen-bond donors (Lipinski definition) is 1. The fourth-order valence-electron chi connectivity index (χ4n) is 2.90. The summed E-state index contributed by atoms with van der Waals surface area (Å²) in [5.74, 6) is 2.56. The molecule has 1 aromatic carbocycles. The maximum absolute atomic E-state index is 10.1. The quantitative estimate of drug-likeness (QED) is 0.878. The van der Waals surface area contributed by atoms with Gasteiger partial charge in [0.1, 0.15) is 18.5 Å². The van der Waals surface area contributed by atoms with Gasteiger partial charge in [0.2, 0.25) is 5.89 Å². The number of nitrogens with zero attached hydrogens (tertiary/aromatic N) is 3. The number of β-amino-alcohol motifs (C(OH)–C–C–N with tert-alkyl or cyclic N) is 1. The van der Waals surface area contributed by atoms with E-state index in [9.17, 15) is 5.11 Å². The summed E-state index contributed by atoms with van der Waals surface area (Å²) in [6, 6.07) is 9.57. The first-order valence-electron chi connectivity index (χ1n) is 8.09. The van der Waals surface area contributed by atoms with Crippen LogP contribution in [-0.2, 0) is 0 Å². The number of benzene rings is 1. The van der Waals surface area contributed by atoms with Gasteiger partial charge in [-0.15, -0.1) is 0 Å². The number of ether oxygens (including phenoxy) is 1. The van der Waals surface area contributed by atoms with E-state index in [1.54, 1.807) is 0 Å². The average Bonchev–Trinajstić information content (AvgIpc) is 3.01. The highest BCUT2D eigenvalue weighted by molar-refractivity contribution is 5.20. The maximum atomic E-state index is 10.1. The smallest absolute Gasteiger partial charge is 0.229 e. The third-order valence-corrected chi connectivity index (χ3v) is 4.13. The second kappa shape index (κ2) is 7.57. The summed E-state index contributed by atoms with van der Waals surface area (Å²) < 4.78 is 10.9. The fraction of sp³-hybridized carbons (Fsp3) is 0.529. The second-order valence-electron chi connectivity index (χ2n) is 6.03. The Hall–Kier alpha value is -1.92. The summed E-state index contributed by atoms with van der Waals surface area (Å²) in [5.41, 5.74) is 0. The number of likely N-dealkylation sites (tertiary alicyclic amines) is 1. The Morgan fingerprint density at radius 2 is 2.04 bits per heavy atom. The van der Waals surface area contributed by atoms with Crippen LogP contribution < -0.4 is 4.74 Å². The Morgan fingerprint density at radius 3 is 2.70 bits per heavy atom. The van der Waals surface area contributed by atoms with Gasteiger partial charge in [-0.3, -0.25) is 0 Å². The van der Waals surface area contributed by atoms with Gasteiger partial charge in [-0.1, -0.05) is 23.4 Å². The number of hydrogen-bond acceptors (Lipinski definition) is 6. The topological polar surface area (TPSA) is 71.6 Å². The Labute approximate surface area is 136 Å². The van der Waals surface area contributed by atoms with Crippen LogP contribution in [0.5, 0.6) is 5.75 Å². The van der Waals surface area contributed by atoms with Crippen LogP contribution in [-0.4, -0.2) is 52.5 Å². The number of aryl methyl sites for hydroxylation is 1. The summed E-state index contributed by atoms with van der Waals surface area (Å²) in [4.78, 5) is 6.58. The van der Waals surface area contributed by atoms with E-state index < -0.39 is 6.10 Å². The van der Waals surface area contributed by atoms with Gasteiger partial charge in [-0.25, -0.2) is 0 Å².